The lowest BCUT2D eigenvalue weighted by molar-refractivity contribution is 0.244. The molecule has 21 heavy (non-hydrogen) atoms. The van der Waals surface area contributed by atoms with Crippen LogP contribution in [-0.2, 0) is 13.2 Å². The summed E-state index contributed by atoms with van der Waals surface area (Å²) >= 11 is 6.04. The van der Waals surface area contributed by atoms with E-state index < -0.39 is 0 Å². The number of anilines is 1. The Balaban J connectivity index is 1.82. The topological polar surface area (TPSA) is 76.1 Å². The molecule has 108 valence electrons. The normalized spacial score (nSPS) is 10.8. The zero-order valence-corrected chi connectivity index (χ0v) is 11.8. The molecule has 0 saturated carbocycles. The van der Waals surface area contributed by atoms with E-state index in [9.17, 15) is 0 Å². The van der Waals surface area contributed by atoms with E-state index in [2.05, 4.69) is 15.4 Å². The minimum Gasteiger partial charge on any atom is -0.462 e. The number of furan rings is 1. The van der Waals surface area contributed by atoms with Gasteiger partial charge in [-0.3, -0.25) is 0 Å². The Labute approximate surface area is 126 Å². The molecule has 0 aliphatic rings. The van der Waals surface area contributed by atoms with Gasteiger partial charge in [-0.25, -0.2) is 9.67 Å². The number of hydrogen-bond donors (Lipinski definition) is 2. The van der Waals surface area contributed by atoms with E-state index >= 15 is 0 Å². The first-order chi connectivity index (χ1) is 10.3. The smallest absolute Gasteiger partial charge is 0.138 e. The van der Waals surface area contributed by atoms with Gasteiger partial charge >= 0.3 is 0 Å². The molecule has 0 spiro atoms. The van der Waals surface area contributed by atoms with Gasteiger partial charge in [-0.05, 0) is 30.3 Å². The molecule has 2 heterocycles. The van der Waals surface area contributed by atoms with Crippen LogP contribution in [0, 0.1) is 0 Å². The summed E-state index contributed by atoms with van der Waals surface area (Å²) in [5.74, 6) is 1.26. The van der Waals surface area contributed by atoms with Crippen LogP contribution in [-0.4, -0.2) is 19.9 Å². The van der Waals surface area contributed by atoms with Gasteiger partial charge in [0.1, 0.15) is 30.8 Å². The molecule has 0 aliphatic heterocycles. The molecule has 3 aromatic rings. The number of aromatic nitrogens is 3. The van der Waals surface area contributed by atoms with Gasteiger partial charge in [0, 0.05) is 5.02 Å². The van der Waals surface area contributed by atoms with Gasteiger partial charge < -0.3 is 14.8 Å². The second-order valence-corrected chi connectivity index (χ2v) is 4.82. The quantitative estimate of drug-likeness (QED) is 0.758. The van der Waals surface area contributed by atoms with Crippen LogP contribution in [0.3, 0.4) is 0 Å². The largest absolute Gasteiger partial charge is 0.462 e. The van der Waals surface area contributed by atoms with Crippen molar-refractivity contribution in [1.82, 2.24) is 14.8 Å². The molecule has 6 nitrogen and oxygen atoms in total. The van der Waals surface area contributed by atoms with E-state index in [1.807, 2.05) is 18.2 Å². The predicted octanol–water partition coefficient (Wildman–Crippen LogP) is 2.62. The SMILES string of the molecule is OCc1ccc(CNc2cc(Cl)ccc2-n2cncn2)o1. The fourth-order valence-electron chi connectivity index (χ4n) is 1.97. The van der Waals surface area contributed by atoms with Gasteiger partial charge in [-0.2, -0.15) is 5.10 Å². The first kappa shape index (κ1) is 13.7. The summed E-state index contributed by atoms with van der Waals surface area (Å²) in [6.07, 6.45) is 3.09. The molecule has 0 saturated heterocycles. The van der Waals surface area contributed by atoms with Crippen LogP contribution in [0.15, 0.2) is 47.4 Å². The van der Waals surface area contributed by atoms with Crippen molar-refractivity contribution in [2.75, 3.05) is 5.32 Å². The van der Waals surface area contributed by atoms with Crippen molar-refractivity contribution in [1.29, 1.82) is 0 Å². The van der Waals surface area contributed by atoms with Gasteiger partial charge in [0.25, 0.3) is 0 Å². The molecule has 2 N–H and O–H groups in total. The molecule has 0 fully saturated rings. The first-order valence-corrected chi connectivity index (χ1v) is 6.71. The van der Waals surface area contributed by atoms with E-state index in [0.29, 0.717) is 17.3 Å². The third-order valence-corrected chi connectivity index (χ3v) is 3.19. The van der Waals surface area contributed by atoms with Gasteiger partial charge in [0.05, 0.1) is 17.9 Å². The van der Waals surface area contributed by atoms with E-state index in [1.54, 1.807) is 23.1 Å². The Morgan fingerprint density at radius 2 is 2.10 bits per heavy atom. The van der Waals surface area contributed by atoms with Crippen molar-refractivity contribution in [2.24, 2.45) is 0 Å². The summed E-state index contributed by atoms with van der Waals surface area (Å²) in [4.78, 5) is 3.94. The van der Waals surface area contributed by atoms with E-state index in [1.165, 1.54) is 6.33 Å². The third kappa shape index (κ3) is 3.07. The molecular weight excluding hydrogens is 292 g/mol. The number of aliphatic hydroxyl groups is 1. The summed E-state index contributed by atoms with van der Waals surface area (Å²) in [7, 11) is 0. The molecule has 2 aromatic heterocycles. The van der Waals surface area contributed by atoms with Crippen LogP contribution in [0.25, 0.3) is 5.69 Å². The van der Waals surface area contributed by atoms with E-state index in [0.717, 1.165) is 17.1 Å². The number of nitrogens with one attached hydrogen (secondary N) is 1. The van der Waals surface area contributed by atoms with Crippen LogP contribution in [0.4, 0.5) is 5.69 Å². The molecule has 3 rings (SSSR count). The number of halogens is 1. The maximum absolute atomic E-state index is 8.99. The number of aliphatic hydroxyl groups excluding tert-OH is 1. The van der Waals surface area contributed by atoms with Crippen molar-refractivity contribution in [2.45, 2.75) is 13.2 Å². The second kappa shape index (κ2) is 5.99. The summed E-state index contributed by atoms with van der Waals surface area (Å²) in [6.45, 7) is 0.364. The van der Waals surface area contributed by atoms with Gasteiger partial charge in [-0.15, -0.1) is 0 Å². The maximum Gasteiger partial charge on any atom is 0.138 e. The van der Waals surface area contributed by atoms with Crippen molar-refractivity contribution in [3.05, 3.63) is 59.5 Å². The lowest BCUT2D eigenvalue weighted by Gasteiger charge is -2.11. The lowest BCUT2D eigenvalue weighted by atomic mass is 10.2. The predicted molar refractivity (Wildman–Crippen MR) is 78.3 cm³/mol. The summed E-state index contributed by atoms with van der Waals surface area (Å²) in [5, 5.41) is 17.0. The highest BCUT2D eigenvalue weighted by molar-refractivity contribution is 6.31. The van der Waals surface area contributed by atoms with E-state index in [-0.39, 0.29) is 6.61 Å². The Hall–Kier alpha value is -2.31. The Bertz CT molecular complexity index is 724. The molecule has 0 unspecified atom stereocenters. The maximum atomic E-state index is 8.99. The first-order valence-electron chi connectivity index (χ1n) is 6.33. The second-order valence-electron chi connectivity index (χ2n) is 4.38. The number of benzene rings is 1. The number of rotatable bonds is 5. The fourth-order valence-corrected chi connectivity index (χ4v) is 2.14. The fraction of sp³-hybridized carbons (Fsp3) is 0.143. The van der Waals surface area contributed by atoms with Crippen LogP contribution in [0.1, 0.15) is 11.5 Å². The minimum atomic E-state index is -0.110. The highest BCUT2D eigenvalue weighted by Crippen LogP contribution is 2.24. The summed E-state index contributed by atoms with van der Waals surface area (Å²) in [5.41, 5.74) is 1.65. The standard InChI is InChI=1S/C14H13ClN4O2/c15-10-1-4-14(19-9-16-8-18-19)13(5-10)17-6-11-2-3-12(7-20)21-11/h1-5,8-9,17,20H,6-7H2. The van der Waals surface area contributed by atoms with Crippen molar-refractivity contribution >= 4 is 17.3 Å². The lowest BCUT2D eigenvalue weighted by Crippen LogP contribution is -2.04. The Morgan fingerprint density at radius 3 is 2.81 bits per heavy atom. The molecule has 0 radical (unpaired) electrons. The zero-order chi connectivity index (χ0) is 14.7. The summed E-state index contributed by atoms with van der Waals surface area (Å²) in [6, 6.07) is 9.03. The molecular formula is C14H13ClN4O2. The van der Waals surface area contributed by atoms with E-state index in [4.69, 9.17) is 21.1 Å². The molecule has 0 amide bonds. The monoisotopic (exact) mass is 304 g/mol. The average molecular weight is 305 g/mol. The highest BCUT2D eigenvalue weighted by atomic mass is 35.5. The number of nitrogens with zero attached hydrogens (tertiary/aromatic N) is 3. The zero-order valence-electron chi connectivity index (χ0n) is 11.0. The minimum absolute atomic E-state index is 0.110. The Kier molecular flexibility index (Phi) is 3.89. The van der Waals surface area contributed by atoms with Gasteiger partial charge in [0.2, 0.25) is 0 Å². The van der Waals surface area contributed by atoms with Gasteiger partial charge in [-0.1, -0.05) is 11.6 Å². The van der Waals surface area contributed by atoms with Crippen LogP contribution in [0.5, 0.6) is 0 Å². The molecule has 0 atom stereocenters. The van der Waals surface area contributed by atoms with Crippen molar-refractivity contribution in [3.8, 4) is 5.69 Å². The van der Waals surface area contributed by atoms with Crippen LogP contribution < -0.4 is 5.32 Å². The third-order valence-electron chi connectivity index (χ3n) is 2.95. The van der Waals surface area contributed by atoms with Crippen molar-refractivity contribution in [3.63, 3.8) is 0 Å². The van der Waals surface area contributed by atoms with Crippen molar-refractivity contribution < 1.29 is 9.52 Å². The summed E-state index contributed by atoms with van der Waals surface area (Å²) < 4.78 is 7.09. The average Bonchev–Trinajstić information content (AvgIpc) is 3.16. The molecule has 7 heteroatoms. The molecule has 0 aliphatic carbocycles. The van der Waals surface area contributed by atoms with Gasteiger partial charge in [0.15, 0.2) is 0 Å². The Morgan fingerprint density at radius 1 is 1.24 bits per heavy atom. The highest BCUT2D eigenvalue weighted by Gasteiger charge is 2.08. The molecule has 0 bridgehead atoms. The number of hydrogen-bond acceptors (Lipinski definition) is 5. The van der Waals surface area contributed by atoms with Crippen LogP contribution in [0.2, 0.25) is 5.02 Å². The van der Waals surface area contributed by atoms with Crippen LogP contribution >= 0.6 is 11.6 Å². The molecule has 1 aromatic carbocycles.